The molecule has 0 amide bonds. The van der Waals surface area contributed by atoms with E-state index in [0.29, 0.717) is 18.9 Å². The summed E-state index contributed by atoms with van der Waals surface area (Å²) in [6.07, 6.45) is 0.752. The number of carboxylic acid groups (broad SMARTS) is 1. The van der Waals surface area contributed by atoms with Gasteiger partial charge in [-0.1, -0.05) is 6.92 Å². The molecule has 0 aromatic carbocycles. The van der Waals surface area contributed by atoms with Crippen LogP contribution in [0.5, 0.6) is 0 Å². The third-order valence-corrected chi connectivity index (χ3v) is 2.33. The molecule has 1 N–H and O–H groups in total. The summed E-state index contributed by atoms with van der Waals surface area (Å²) in [6.45, 7) is 6.04. The highest BCUT2D eigenvalue weighted by atomic mass is 16.5. The lowest BCUT2D eigenvalue weighted by Gasteiger charge is -2.14. The molecule has 0 saturated carbocycles. The Kier molecular flexibility index (Phi) is 5.02. The fraction of sp³-hybridized carbons (Fsp3) is 0.800. The summed E-state index contributed by atoms with van der Waals surface area (Å²) in [5.74, 6) is -0.296. The van der Waals surface area contributed by atoms with E-state index in [4.69, 9.17) is 9.84 Å². The molecule has 0 aliphatic carbocycles. The summed E-state index contributed by atoms with van der Waals surface area (Å²) >= 11 is 0. The molecular formula is C10H18N4O3. The van der Waals surface area contributed by atoms with Crippen LogP contribution >= 0.6 is 0 Å². The number of rotatable bonds is 7. The maximum Gasteiger partial charge on any atom is 0.305 e. The van der Waals surface area contributed by atoms with E-state index in [2.05, 4.69) is 15.5 Å². The van der Waals surface area contributed by atoms with E-state index < -0.39 is 5.97 Å². The molecule has 1 unspecified atom stereocenters. The molecule has 17 heavy (non-hydrogen) atoms. The topological polar surface area (TPSA) is 90.1 Å². The quantitative estimate of drug-likeness (QED) is 0.767. The summed E-state index contributed by atoms with van der Waals surface area (Å²) in [7, 11) is 0. The number of aliphatic carboxylic acids is 1. The van der Waals surface area contributed by atoms with Gasteiger partial charge in [-0.05, 0) is 30.7 Å². The number of tetrazole rings is 1. The molecule has 7 heteroatoms. The molecular weight excluding hydrogens is 224 g/mol. The number of ether oxygens (including phenoxy) is 1. The van der Waals surface area contributed by atoms with Crippen molar-refractivity contribution in [3.63, 3.8) is 0 Å². The van der Waals surface area contributed by atoms with Gasteiger partial charge < -0.3 is 9.84 Å². The Balaban J connectivity index is 2.74. The Morgan fingerprint density at radius 3 is 2.76 bits per heavy atom. The predicted molar refractivity (Wildman–Crippen MR) is 59.3 cm³/mol. The van der Waals surface area contributed by atoms with Crippen molar-refractivity contribution in [2.45, 2.75) is 52.4 Å². The molecule has 1 rings (SSSR count). The zero-order chi connectivity index (χ0) is 12.8. The van der Waals surface area contributed by atoms with Crippen molar-refractivity contribution in [1.29, 1.82) is 0 Å². The Labute approximate surface area is 99.8 Å². The average Bonchev–Trinajstić information content (AvgIpc) is 2.70. The van der Waals surface area contributed by atoms with Crippen LogP contribution in [-0.2, 0) is 16.1 Å². The molecule has 0 spiro atoms. The zero-order valence-corrected chi connectivity index (χ0v) is 10.3. The van der Waals surface area contributed by atoms with Crippen molar-refractivity contribution in [1.82, 2.24) is 20.2 Å². The molecule has 1 atom stereocenters. The van der Waals surface area contributed by atoms with Crippen LogP contribution < -0.4 is 0 Å². The van der Waals surface area contributed by atoms with Crippen molar-refractivity contribution in [3.05, 3.63) is 5.82 Å². The monoisotopic (exact) mass is 242 g/mol. The number of carboxylic acids is 1. The smallest absolute Gasteiger partial charge is 0.305 e. The van der Waals surface area contributed by atoms with Gasteiger partial charge in [0.1, 0.15) is 6.61 Å². The summed E-state index contributed by atoms with van der Waals surface area (Å²) in [4.78, 5) is 10.7. The number of hydrogen-bond acceptors (Lipinski definition) is 5. The van der Waals surface area contributed by atoms with E-state index >= 15 is 0 Å². The largest absolute Gasteiger partial charge is 0.481 e. The van der Waals surface area contributed by atoms with E-state index in [1.807, 2.05) is 20.8 Å². The van der Waals surface area contributed by atoms with Crippen LogP contribution in [0.3, 0.4) is 0 Å². The minimum absolute atomic E-state index is 0.0101. The van der Waals surface area contributed by atoms with Crippen LogP contribution in [0.25, 0.3) is 0 Å². The second-order valence-electron chi connectivity index (χ2n) is 4.06. The van der Waals surface area contributed by atoms with Crippen molar-refractivity contribution in [2.75, 3.05) is 0 Å². The fourth-order valence-corrected chi connectivity index (χ4v) is 1.44. The summed E-state index contributed by atoms with van der Waals surface area (Å²) in [5.41, 5.74) is 0. The van der Waals surface area contributed by atoms with Gasteiger partial charge in [-0.25, -0.2) is 4.68 Å². The van der Waals surface area contributed by atoms with E-state index in [1.54, 1.807) is 0 Å². The Morgan fingerprint density at radius 1 is 1.53 bits per heavy atom. The maximum atomic E-state index is 10.7. The van der Waals surface area contributed by atoms with Crippen LogP contribution in [0.1, 0.15) is 45.5 Å². The minimum atomic E-state index is -0.858. The first-order valence-electron chi connectivity index (χ1n) is 5.64. The highest BCUT2D eigenvalue weighted by molar-refractivity contribution is 5.67. The van der Waals surface area contributed by atoms with Gasteiger partial charge in [0.05, 0.1) is 18.6 Å². The molecule has 1 aromatic heterocycles. The Hall–Kier alpha value is -1.50. The van der Waals surface area contributed by atoms with Crippen LogP contribution in [0.2, 0.25) is 0 Å². The van der Waals surface area contributed by atoms with Crippen molar-refractivity contribution < 1.29 is 14.6 Å². The highest BCUT2D eigenvalue weighted by Gasteiger charge is 2.18. The standard InChI is InChI=1S/C10H18N4O3/c1-4-8(5-10(15)16)14-9(11-12-13-14)6-17-7(2)3/h7-8H,4-6H2,1-3H3,(H,15,16). The van der Waals surface area contributed by atoms with Gasteiger partial charge in [0, 0.05) is 0 Å². The van der Waals surface area contributed by atoms with E-state index in [-0.39, 0.29) is 18.6 Å². The third kappa shape index (κ3) is 4.10. The molecule has 0 bridgehead atoms. The molecule has 7 nitrogen and oxygen atoms in total. The van der Waals surface area contributed by atoms with E-state index in [1.165, 1.54) is 4.68 Å². The number of nitrogens with zero attached hydrogens (tertiary/aromatic N) is 4. The van der Waals surface area contributed by atoms with Crippen LogP contribution in [0, 0.1) is 0 Å². The zero-order valence-electron chi connectivity index (χ0n) is 10.3. The molecule has 0 radical (unpaired) electrons. The number of aromatic nitrogens is 4. The Morgan fingerprint density at radius 2 is 2.24 bits per heavy atom. The minimum Gasteiger partial charge on any atom is -0.481 e. The lowest BCUT2D eigenvalue weighted by atomic mass is 10.1. The van der Waals surface area contributed by atoms with Crippen LogP contribution in [0.4, 0.5) is 0 Å². The third-order valence-electron chi connectivity index (χ3n) is 2.33. The van der Waals surface area contributed by atoms with Gasteiger partial charge in [-0.15, -0.1) is 5.10 Å². The normalized spacial score (nSPS) is 12.9. The summed E-state index contributed by atoms with van der Waals surface area (Å²) in [5, 5.41) is 20.1. The lowest BCUT2D eigenvalue weighted by molar-refractivity contribution is -0.138. The van der Waals surface area contributed by atoms with Gasteiger partial charge in [-0.3, -0.25) is 4.79 Å². The predicted octanol–water partition coefficient (Wildman–Crippen LogP) is 1.02. The molecule has 1 aromatic rings. The molecule has 0 aliphatic rings. The molecule has 1 heterocycles. The number of carbonyl (C=O) groups is 1. The van der Waals surface area contributed by atoms with Gasteiger partial charge in [-0.2, -0.15) is 0 Å². The highest BCUT2D eigenvalue weighted by Crippen LogP contribution is 2.16. The van der Waals surface area contributed by atoms with Gasteiger partial charge in [0.25, 0.3) is 0 Å². The molecule has 0 fully saturated rings. The first-order valence-corrected chi connectivity index (χ1v) is 5.64. The fourth-order valence-electron chi connectivity index (χ4n) is 1.44. The van der Waals surface area contributed by atoms with Gasteiger partial charge in [0.2, 0.25) is 0 Å². The van der Waals surface area contributed by atoms with E-state index in [9.17, 15) is 4.79 Å². The van der Waals surface area contributed by atoms with Crippen LogP contribution in [0.15, 0.2) is 0 Å². The maximum absolute atomic E-state index is 10.7. The van der Waals surface area contributed by atoms with Crippen LogP contribution in [-0.4, -0.2) is 37.4 Å². The first kappa shape index (κ1) is 13.6. The summed E-state index contributed by atoms with van der Waals surface area (Å²) < 4.78 is 6.95. The first-order chi connectivity index (χ1) is 8.04. The van der Waals surface area contributed by atoms with Crippen molar-refractivity contribution in [3.8, 4) is 0 Å². The summed E-state index contributed by atoms with van der Waals surface area (Å²) in [6, 6.07) is -0.228. The van der Waals surface area contributed by atoms with Crippen molar-refractivity contribution in [2.24, 2.45) is 0 Å². The van der Waals surface area contributed by atoms with E-state index in [0.717, 1.165) is 0 Å². The average molecular weight is 242 g/mol. The second kappa shape index (κ2) is 6.29. The molecule has 96 valence electrons. The SMILES string of the molecule is CCC(CC(=O)O)n1nnnc1COC(C)C. The van der Waals surface area contributed by atoms with Gasteiger partial charge >= 0.3 is 5.97 Å². The lowest BCUT2D eigenvalue weighted by Crippen LogP contribution is -2.18. The Bertz CT molecular complexity index is 364. The second-order valence-corrected chi connectivity index (χ2v) is 4.06. The number of hydrogen-bond donors (Lipinski definition) is 1. The molecule has 0 aliphatic heterocycles. The molecule has 0 saturated heterocycles. The van der Waals surface area contributed by atoms with Gasteiger partial charge in [0.15, 0.2) is 5.82 Å². The van der Waals surface area contributed by atoms with Crippen molar-refractivity contribution >= 4 is 5.97 Å².